The molecule has 2 aliphatic rings. The zero-order chi connectivity index (χ0) is 10.7. The summed E-state index contributed by atoms with van der Waals surface area (Å²) in [5.74, 6) is 0.981. The molecule has 1 heterocycles. The Hall–Kier alpha value is -0.570. The van der Waals surface area contributed by atoms with E-state index in [9.17, 15) is 4.79 Å². The molecule has 0 aromatic heterocycles. The number of rotatable bonds is 4. The van der Waals surface area contributed by atoms with Gasteiger partial charge in [0.25, 0.3) is 0 Å². The van der Waals surface area contributed by atoms with Crippen molar-refractivity contribution in [1.82, 2.24) is 10.6 Å². The normalized spacial score (nSPS) is 28.5. The van der Waals surface area contributed by atoms with Crippen LogP contribution in [0, 0.1) is 5.92 Å². The van der Waals surface area contributed by atoms with Gasteiger partial charge >= 0.3 is 0 Å². The Morgan fingerprint density at radius 3 is 2.87 bits per heavy atom. The van der Waals surface area contributed by atoms with Gasteiger partial charge in [-0.15, -0.1) is 0 Å². The van der Waals surface area contributed by atoms with E-state index in [1.807, 2.05) is 0 Å². The first kappa shape index (κ1) is 10.9. The summed E-state index contributed by atoms with van der Waals surface area (Å²) in [4.78, 5) is 11.7. The molecule has 2 fully saturated rings. The van der Waals surface area contributed by atoms with Gasteiger partial charge in [0, 0.05) is 12.0 Å². The molecule has 3 heteroatoms. The molecule has 86 valence electrons. The summed E-state index contributed by atoms with van der Waals surface area (Å²) >= 11 is 0. The van der Waals surface area contributed by atoms with Crippen molar-refractivity contribution < 1.29 is 4.79 Å². The van der Waals surface area contributed by atoms with Crippen LogP contribution in [-0.4, -0.2) is 24.5 Å². The topological polar surface area (TPSA) is 41.1 Å². The van der Waals surface area contributed by atoms with Crippen molar-refractivity contribution in [2.45, 2.75) is 51.0 Å². The van der Waals surface area contributed by atoms with E-state index in [0.29, 0.717) is 6.42 Å². The van der Waals surface area contributed by atoms with Gasteiger partial charge in [0.2, 0.25) is 5.91 Å². The van der Waals surface area contributed by atoms with E-state index in [4.69, 9.17) is 0 Å². The van der Waals surface area contributed by atoms with Crippen LogP contribution in [0.3, 0.4) is 0 Å². The first-order valence-corrected chi connectivity index (χ1v) is 6.20. The van der Waals surface area contributed by atoms with E-state index >= 15 is 0 Å². The fourth-order valence-electron chi connectivity index (χ4n) is 2.53. The predicted molar refractivity (Wildman–Crippen MR) is 60.6 cm³/mol. The molecular formula is C12H22N2O. The van der Waals surface area contributed by atoms with Crippen LogP contribution in [0.4, 0.5) is 0 Å². The van der Waals surface area contributed by atoms with Crippen molar-refractivity contribution in [2.75, 3.05) is 13.1 Å². The summed E-state index contributed by atoms with van der Waals surface area (Å²) in [7, 11) is 0. The average Bonchev–Trinajstić information content (AvgIpc) is 2.64. The van der Waals surface area contributed by atoms with E-state index in [1.54, 1.807) is 0 Å². The molecule has 1 saturated carbocycles. The van der Waals surface area contributed by atoms with Crippen LogP contribution in [0.15, 0.2) is 0 Å². The Balaban J connectivity index is 1.63. The molecule has 1 aliphatic heterocycles. The van der Waals surface area contributed by atoms with Crippen LogP contribution < -0.4 is 10.6 Å². The summed E-state index contributed by atoms with van der Waals surface area (Å²) in [6.07, 6.45) is 6.58. The van der Waals surface area contributed by atoms with Gasteiger partial charge < -0.3 is 10.6 Å². The van der Waals surface area contributed by atoms with Crippen LogP contribution in [0.5, 0.6) is 0 Å². The minimum Gasteiger partial charge on any atom is -0.351 e. The smallest absolute Gasteiger partial charge is 0.220 e. The fourth-order valence-corrected chi connectivity index (χ4v) is 2.53. The molecule has 0 spiro atoms. The van der Waals surface area contributed by atoms with Gasteiger partial charge in [0.05, 0.1) is 0 Å². The van der Waals surface area contributed by atoms with Gasteiger partial charge in [0.15, 0.2) is 0 Å². The molecule has 1 amide bonds. The first-order valence-electron chi connectivity index (χ1n) is 6.20. The zero-order valence-electron chi connectivity index (χ0n) is 9.64. The van der Waals surface area contributed by atoms with Crippen molar-refractivity contribution in [3.8, 4) is 0 Å². The number of carbonyl (C=O) groups is 1. The molecule has 0 aromatic carbocycles. The van der Waals surface area contributed by atoms with Crippen LogP contribution in [0.2, 0.25) is 0 Å². The molecule has 1 aliphatic carbocycles. The largest absolute Gasteiger partial charge is 0.351 e. The Kier molecular flexibility index (Phi) is 3.29. The number of hydrogen-bond acceptors (Lipinski definition) is 2. The molecule has 1 unspecified atom stereocenters. The van der Waals surface area contributed by atoms with Gasteiger partial charge in [-0.2, -0.15) is 0 Å². The zero-order valence-corrected chi connectivity index (χ0v) is 9.64. The molecule has 2 rings (SSSR count). The van der Waals surface area contributed by atoms with Crippen LogP contribution in [-0.2, 0) is 4.79 Å². The summed E-state index contributed by atoms with van der Waals surface area (Å²) in [5.41, 5.74) is 0.130. The molecule has 0 bridgehead atoms. The lowest BCUT2D eigenvalue weighted by Crippen LogP contribution is -2.50. The summed E-state index contributed by atoms with van der Waals surface area (Å²) in [6.45, 7) is 4.39. The van der Waals surface area contributed by atoms with Crippen molar-refractivity contribution in [2.24, 2.45) is 5.92 Å². The van der Waals surface area contributed by atoms with E-state index in [-0.39, 0.29) is 11.4 Å². The van der Waals surface area contributed by atoms with Crippen LogP contribution in [0.25, 0.3) is 0 Å². The highest BCUT2D eigenvalue weighted by Gasteiger charge is 2.32. The maximum Gasteiger partial charge on any atom is 0.220 e. The second-order valence-electron chi connectivity index (χ2n) is 5.36. The van der Waals surface area contributed by atoms with Gasteiger partial charge in [0.1, 0.15) is 0 Å². The quantitative estimate of drug-likeness (QED) is 0.737. The molecule has 0 radical (unpaired) electrons. The van der Waals surface area contributed by atoms with Crippen molar-refractivity contribution >= 4 is 5.91 Å². The van der Waals surface area contributed by atoms with Crippen LogP contribution in [0.1, 0.15) is 45.4 Å². The summed E-state index contributed by atoms with van der Waals surface area (Å²) in [5, 5.41) is 6.49. The SMILES string of the molecule is CC1(NC(=O)CCC2CCNC2)CCC1. The van der Waals surface area contributed by atoms with Crippen LogP contribution >= 0.6 is 0 Å². The maximum absolute atomic E-state index is 11.7. The highest BCUT2D eigenvalue weighted by atomic mass is 16.1. The predicted octanol–water partition coefficient (Wildman–Crippen LogP) is 1.43. The molecule has 2 N–H and O–H groups in total. The van der Waals surface area contributed by atoms with E-state index in [0.717, 1.165) is 38.3 Å². The third-order valence-electron chi connectivity index (χ3n) is 3.84. The maximum atomic E-state index is 11.7. The lowest BCUT2D eigenvalue weighted by Gasteiger charge is -2.39. The summed E-state index contributed by atoms with van der Waals surface area (Å²) in [6, 6.07) is 0. The molecule has 3 nitrogen and oxygen atoms in total. The third kappa shape index (κ3) is 2.94. The second-order valence-corrected chi connectivity index (χ2v) is 5.36. The number of hydrogen-bond donors (Lipinski definition) is 2. The number of nitrogens with one attached hydrogen (secondary N) is 2. The highest BCUT2D eigenvalue weighted by molar-refractivity contribution is 5.76. The van der Waals surface area contributed by atoms with Crippen molar-refractivity contribution in [1.29, 1.82) is 0 Å². The fraction of sp³-hybridized carbons (Fsp3) is 0.917. The van der Waals surface area contributed by atoms with E-state index in [1.165, 1.54) is 12.8 Å². The van der Waals surface area contributed by atoms with Crippen molar-refractivity contribution in [3.63, 3.8) is 0 Å². The average molecular weight is 210 g/mol. The Morgan fingerprint density at radius 1 is 1.53 bits per heavy atom. The number of carbonyl (C=O) groups excluding carboxylic acids is 1. The Bertz CT molecular complexity index is 230. The Morgan fingerprint density at radius 2 is 2.33 bits per heavy atom. The molecular weight excluding hydrogens is 188 g/mol. The molecule has 0 aromatic rings. The van der Waals surface area contributed by atoms with Crippen molar-refractivity contribution in [3.05, 3.63) is 0 Å². The molecule has 1 atom stereocenters. The molecule has 1 saturated heterocycles. The van der Waals surface area contributed by atoms with Gasteiger partial charge in [-0.25, -0.2) is 0 Å². The van der Waals surface area contributed by atoms with Gasteiger partial charge in [-0.3, -0.25) is 4.79 Å². The first-order chi connectivity index (χ1) is 7.18. The lowest BCUT2D eigenvalue weighted by atomic mass is 9.78. The Labute approximate surface area is 92.0 Å². The number of amides is 1. The minimum absolute atomic E-state index is 0.130. The van der Waals surface area contributed by atoms with E-state index < -0.39 is 0 Å². The third-order valence-corrected chi connectivity index (χ3v) is 3.84. The summed E-state index contributed by atoms with van der Waals surface area (Å²) < 4.78 is 0. The highest BCUT2D eigenvalue weighted by Crippen LogP contribution is 2.31. The monoisotopic (exact) mass is 210 g/mol. The van der Waals surface area contributed by atoms with E-state index in [2.05, 4.69) is 17.6 Å². The standard InChI is InChI=1S/C12H22N2O/c1-12(6-2-7-12)14-11(15)4-3-10-5-8-13-9-10/h10,13H,2-9H2,1H3,(H,14,15). The molecule has 15 heavy (non-hydrogen) atoms. The lowest BCUT2D eigenvalue weighted by molar-refractivity contribution is -0.124. The van der Waals surface area contributed by atoms with Gasteiger partial charge in [-0.1, -0.05) is 0 Å². The minimum atomic E-state index is 0.130. The van der Waals surface area contributed by atoms with Gasteiger partial charge in [-0.05, 0) is 58.0 Å². The second kappa shape index (κ2) is 4.52.